The molecule has 3 aromatic rings. The summed E-state index contributed by atoms with van der Waals surface area (Å²) >= 11 is 0. The topological polar surface area (TPSA) is 17.8 Å². The van der Waals surface area contributed by atoms with Crippen molar-refractivity contribution in [3.05, 3.63) is 54.4 Å². The minimum atomic E-state index is 1.07. The van der Waals surface area contributed by atoms with Crippen molar-refractivity contribution < 1.29 is 0 Å². The van der Waals surface area contributed by atoms with E-state index in [4.69, 9.17) is 0 Å². The second kappa shape index (κ2) is 3.74. The van der Waals surface area contributed by atoms with Crippen molar-refractivity contribution in [1.29, 1.82) is 0 Å². The Morgan fingerprint density at radius 3 is 2.47 bits per heavy atom. The van der Waals surface area contributed by atoms with Crippen LogP contribution >= 0.6 is 0 Å². The van der Waals surface area contributed by atoms with Crippen LogP contribution in [0, 0.1) is 6.92 Å². The standard InChI is InChI=1S/C15H14N2/c1-11-15(10-17(2)16-11)14-9-5-7-12-6-3-4-8-13(12)14/h3-10H,1-2H3. The van der Waals surface area contributed by atoms with E-state index in [1.807, 2.05) is 11.7 Å². The van der Waals surface area contributed by atoms with Crippen LogP contribution in [0.4, 0.5) is 0 Å². The second-order valence-corrected chi connectivity index (χ2v) is 4.33. The van der Waals surface area contributed by atoms with E-state index in [1.165, 1.54) is 21.9 Å². The summed E-state index contributed by atoms with van der Waals surface area (Å²) in [5.41, 5.74) is 3.54. The Morgan fingerprint density at radius 1 is 0.941 bits per heavy atom. The second-order valence-electron chi connectivity index (χ2n) is 4.33. The maximum absolute atomic E-state index is 4.41. The zero-order valence-corrected chi connectivity index (χ0v) is 10.0. The lowest BCUT2D eigenvalue weighted by molar-refractivity contribution is 0.756. The number of rotatable bonds is 1. The minimum absolute atomic E-state index is 1.07. The molecular weight excluding hydrogens is 208 g/mol. The van der Waals surface area contributed by atoms with E-state index in [1.54, 1.807) is 0 Å². The van der Waals surface area contributed by atoms with Crippen LogP contribution in [0.15, 0.2) is 48.7 Å². The molecule has 0 spiro atoms. The van der Waals surface area contributed by atoms with E-state index in [9.17, 15) is 0 Å². The molecule has 2 aromatic carbocycles. The van der Waals surface area contributed by atoms with Gasteiger partial charge in [-0.3, -0.25) is 4.68 Å². The van der Waals surface area contributed by atoms with Crippen LogP contribution in [0.5, 0.6) is 0 Å². The van der Waals surface area contributed by atoms with Crippen LogP contribution < -0.4 is 0 Å². The Hall–Kier alpha value is -2.09. The van der Waals surface area contributed by atoms with Gasteiger partial charge in [-0.05, 0) is 23.3 Å². The molecule has 0 saturated carbocycles. The molecule has 2 heteroatoms. The SMILES string of the molecule is Cc1nn(C)cc1-c1cccc2ccccc12. The van der Waals surface area contributed by atoms with Crippen molar-refractivity contribution in [2.75, 3.05) is 0 Å². The fraction of sp³-hybridized carbons (Fsp3) is 0.133. The van der Waals surface area contributed by atoms with Crippen LogP contribution in [-0.2, 0) is 7.05 Å². The summed E-state index contributed by atoms with van der Waals surface area (Å²) in [6.45, 7) is 2.05. The number of aryl methyl sites for hydroxylation is 2. The molecule has 84 valence electrons. The number of hydrogen-bond donors (Lipinski definition) is 0. The first-order valence-electron chi connectivity index (χ1n) is 5.74. The van der Waals surface area contributed by atoms with Gasteiger partial charge < -0.3 is 0 Å². The van der Waals surface area contributed by atoms with Gasteiger partial charge in [-0.25, -0.2) is 0 Å². The predicted molar refractivity (Wildman–Crippen MR) is 70.9 cm³/mol. The smallest absolute Gasteiger partial charge is 0.0672 e. The number of aromatic nitrogens is 2. The van der Waals surface area contributed by atoms with Crippen molar-refractivity contribution in [3.8, 4) is 11.1 Å². The van der Waals surface area contributed by atoms with E-state index >= 15 is 0 Å². The molecule has 0 aliphatic rings. The summed E-state index contributed by atoms with van der Waals surface area (Å²) in [4.78, 5) is 0. The van der Waals surface area contributed by atoms with Gasteiger partial charge in [0.25, 0.3) is 0 Å². The van der Waals surface area contributed by atoms with Crippen LogP contribution in [0.2, 0.25) is 0 Å². The molecule has 1 heterocycles. The van der Waals surface area contributed by atoms with Gasteiger partial charge in [0.2, 0.25) is 0 Å². The van der Waals surface area contributed by atoms with Crippen LogP contribution in [0.1, 0.15) is 5.69 Å². The molecule has 0 amide bonds. The first-order valence-corrected chi connectivity index (χ1v) is 5.74. The molecule has 0 atom stereocenters. The van der Waals surface area contributed by atoms with Crippen molar-refractivity contribution >= 4 is 10.8 Å². The van der Waals surface area contributed by atoms with Gasteiger partial charge in [0.1, 0.15) is 0 Å². The molecule has 2 nitrogen and oxygen atoms in total. The molecule has 0 aliphatic carbocycles. The molecule has 0 N–H and O–H groups in total. The number of benzene rings is 2. The lowest BCUT2D eigenvalue weighted by Crippen LogP contribution is -1.86. The molecule has 1 aromatic heterocycles. The highest BCUT2D eigenvalue weighted by Crippen LogP contribution is 2.29. The number of hydrogen-bond acceptors (Lipinski definition) is 1. The van der Waals surface area contributed by atoms with E-state index in [-0.39, 0.29) is 0 Å². The summed E-state index contributed by atoms with van der Waals surface area (Å²) in [6.07, 6.45) is 2.08. The van der Waals surface area contributed by atoms with Gasteiger partial charge >= 0.3 is 0 Å². The van der Waals surface area contributed by atoms with Crippen molar-refractivity contribution in [2.45, 2.75) is 6.92 Å². The number of fused-ring (bicyclic) bond motifs is 1. The van der Waals surface area contributed by atoms with Crippen LogP contribution in [-0.4, -0.2) is 9.78 Å². The monoisotopic (exact) mass is 222 g/mol. The molecular formula is C15H14N2. The normalized spacial score (nSPS) is 10.9. The zero-order chi connectivity index (χ0) is 11.8. The molecule has 0 radical (unpaired) electrons. The minimum Gasteiger partial charge on any atom is -0.275 e. The quantitative estimate of drug-likeness (QED) is 0.615. The van der Waals surface area contributed by atoms with E-state index < -0.39 is 0 Å². The Bertz CT molecular complexity index is 675. The molecule has 0 saturated heterocycles. The average Bonchev–Trinajstić information content (AvgIpc) is 2.68. The van der Waals surface area contributed by atoms with Crippen LogP contribution in [0.25, 0.3) is 21.9 Å². The summed E-state index contributed by atoms with van der Waals surface area (Å²) in [5, 5.41) is 6.97. The van der Waals surface area contributed by atoms with Crippen LogP contribution in [0.3, 0.4) is 0 Å². The maximum Gasteiger partial charge on any atom is 0.0672 e. The zero-order valence-electron chi connectivity index (χ0n) is 10.0. The fourth-order valence-electron chi connectivity index (χ4n) is 2.32. The van der Waals surface area contributed by atoms with Gasteiger partial charge in [0.15, 0.2) is 0 Å². The lowest BCUT2D eigenvalue weighted by atomic mass is 9.99. The highest BCUT2D eigenvalue weighted by atomic mass is 15.2. The van der Waals surface area contributed by atoms with Crippen molar-refractivity contribution in [1.82, 2.24) is 9.78 Å². The summed E-state index contributed by atoms with van der Waals surface area (Å²) in [6, 6.07) is 14.9. The largest absolute Gasteiger partial charge is 0.275 e. The molecule has 3 rings (SSSR count). The van der Waals surface area contributed by atoms with E-state index in [2.05, 4.69) is 60.7 Å². The molecule has 17 heavy (non-hydrogen) atoms. The summed E-state index contributed by atoms with van der Waals surface area (Å²) in [5.74, 6) is 0. The molecule has 0 fully saturated rings. The summed E-state index contributed by atoms with van der Waals surface area (Å²) < 4.78 is 1.87. The summed E-state index contributed by atoms with van der Waals surface area (Å²) in [7, 11) is 1.96. The highest BCUT2D eigenvalue weighted by Gasteiger charge is 2.08. The molecule has 0 unspecified atom stereocenters. The maximum atomic E-state index is 4.41. The first kappa shape index (κ1) is 10.1. The van der Waals surface area contributed by atoms with Gasteiger partial charge in [-0.15, -0.1) is 0 Å². The Balaban J connectivity index is 2.34. The third-order valence-electron chi connectivity index (χ3n) is 3.09. The highest BCUT2D eigenvalue weighted by molar-refractivity contribution is 5.96. The average molecular weight is 222 g/mol. The van der Waals surface area contributed by atoms with Gasteiger partial charge in [-0.1, -0.05) is 42.5 Å². The molecule has 0 bridgehead atoms. The first-order chi connectivity index (χ1) is 8.25. The van der Waals surface area contributed by atoms with Gasteiger partial charge in [0.05, 0.1) is 5.69 Å². The van der Waals surface area contributed by atoms with Crippen molar-refractivity contribution in [2.24, 2.45) is 7.05 Å². The molecule has 0 aliphatic heterocycles. The van der Waals surface area contributed by atoms with Crippen molar-refractivity contribution in [3.63, 3.8) is 0 Å². The Labute approximate surface area is 101 Å². The number of nitrogens with zero attached hydrogens (tertiary/aromatic N) is 2. The van der Waals surface area contributed by atoms with Gasteiger partial charge in [-0.2, -0.15) is 5.10 Å². The van der Waals surface area contributed by atoms with E-state index in [0.29, 0.717) is 0 Å². The third kappa shape index (κ3) is 1.62. The Morgan fingerprint density at radius 2 is 1.71 bits per heavy atom. The Kier molecular flexibility index (Phi) is 2.22. The lowest BCUT2D eigenvalue weighted by Gasteiger charge is -2.04. The van der Waals surface area contributed by atoms with E-state index in [0.717, 1.165) is 5.69 Å². The third-order valence-corrected chi connectivity index (χ3v) is 3.09. The predicted octanol–water partition coefficient (Wildman–Crippen LogP) is 3.55. The van der Waals surface area contributed by atoms with Gasteiger partial charge in [0, 0.05) is 18.8 Å². The fourth-order valence-corrected chi connectivity index (χ4v) is 2.32.